The number of rotatable bonds is 20. The van der Waals surface area contributed by atoms with Gasteiger partial charge in [0.25, 0.3) is 0 Å². The first kappa shape index (κ1) is 41.7. The first-order valence-corrected chi connectivity index (χ1v) is 18.7. The van der Waals surface area contributed by atoms with Crippen LogP contribution >= 0.6 is 11.9 Å². The third kappa shape index (κ3) is 12.8. The molecule has 0 aliphatic carbocycles. The molecule has 1 unspecified atom stereocenters. The van der Waals surface area contributed by atoms with E-state index in [0.29, 0.717) is 49.1 Å². The number of ether oxygens (including phenoxy) is 2. The Morgan fingerprint density at radius 3 is 2.65 bits per heavy atom. The number of nitrogens with one attached hydrogen (secondary N) is 2. The minimum Gasteiger partial charge on any atom is -0.491 e. The van der Waals surface area contributed by atoms with Gasteiger partial charge in [-0.25, -0.2) is 9.29 Å². The van der Waals surface area contributed by atoms with E-state index in [1.54, 1.807) is 45.4 Å². The molecule has 1 saturated heterocycles. The number of hydrogen-bond acceptors (Lipinski definition) is 12. The Balaban J connectivity index is 1.18. The molecule has 2 aromatic carbocycles. The van der Waals surface area contributed by atoms with E-state index in [2.05, 4.69) is 42.8 Å². The first-order valence-electron chi connectivity index (χ1n) is 17.9. The Morgan fingerprint density at radius 2 is 1.93 bits per heavy atom. The van der Waals surface area contributed by atoms with Crippen LogP contribution in [0.5, 0.6) is 5.75 Å². The van der Waals surface area contributed by atoms with E-state index in [-0.39, 0.29) is 25.0 Å². The van der Waals surface area contributed by atoms with Crippen LogP contribution in [0.25, 0.3) is 6.08 Å². The molecule has 0 bridgehead atoms. The number of nitrogens with zero attached hydrogens (tertiary/aromatic N) is 5. The van der Waals surface area contributed by atoms with Crippen LogP contribution in [0, 0.1) is 11.8 Å². The van der Waals surface area contributed by atoms with Gasteiger partial charge in [0.1, 0.15) is 37.4 Å². The molecule has 54 heavy (non-hydrogen) atoms. The van der Waals surface area contributed by atoms with E-state index in [4.69, 9.17) is 9.47 Å². The van der Waals surface area contributed by atoms with Crippen molar-refractivity contribution >= 4 is 54.7 Å². The van der Waals surface area contributed by atoms with Crippen LogP contribution in [0.1, 0.15) is 59.7 Å². The summed E-state index contributed by atoms with van der Waals surface area (Å²) in [5.74, 6) is 7.69. The lowest BCUT2D eigenvalue weighted by Gasteiger charge is -2.31. The van der Waals surface area contributed by atoms with Gasteiger partial charge >= 0.3 is 0 Å². The maximum atomic E-state index is 12.3. The standard InChI is InChI=1S/C40H49N7O6S/c1-5-9-31-26-42-40(44-38(31)46(4)29-50)43-34-16-18-47(19-17-34)54-36-12-6-11-35(25-36)53-23-22-52-21-8-10-30-14-15-32(33(24-30)28-49)27-45(3)37(13-7-20-48)39(51)41-2/h5-6,9,11-12,14-15,20,24-26,28-29,34,37H,7,13,16-19,21-23,27H2,1-4H3,(H,41,51)(H,42,43,44)/b9-5-. The summed E-state index contributed by atoms with van der Waals surface area (Å²) in [7, 11) is 5.04. The van der Waals surface area contributed by atoms with Crippen LogP contribution in [0.4, 0.5) is 11.8 Å². The number of allylic oxidation sites excluding steroid dienone is 1. The number of aldehydes is 2. The quantitative estimate of drug-likeness (QED) is 0.0727. The van der Waals surface area contributed by atoms with E-state index in [9.17, 15) is 19.2 Å². The van der Waals surface area contributed by atoms with E-state index in [1.165, 1.54) is 4.90 Å². The normalized spacial score (nSPS) is 13.9. The monoisotopic (exact) mass is 755 g/mol. The first-order chi connectivity index (χ1) is 26.3. The fourth-order valence-electron chi connectivity index (χ4n) is 5.85. The Hall–Kier alpha value is -5.07. The van der Waals surface area contributed by atoms with Crippen molar-refractivity contribution in [2.45, 2.75) is 56.1 Å². The van der Waals surface area contributed by atoms with Crippen molar-refractivity contribution in [3.8, 4) is 17.6 Å². The molecule has 2 N–H and O–H groups in total. The van der Waals surface area contributed by atoms with Gasteiger partial charge in [0, 0.05) is 74.0 Å². The molecule has 14 heteroatoms. The molecular weight excluding hydrogens is 707 g/mol. The highest BCUT2D eigenvalue weighted by Crippen LogP contribution is 2.30. The average molecular weight is 756 g/mol. The minimum atomic E-state index is -0.482. The second kappa shape index (κ2) is 22.2. The topological polar surface area (TPSA) is 146 Å². The van der Waals surface area contributed by atoms with Crippen molar-refractivity contribution in [1.82, 2.24) is 24.5 Å². The van der Waals surface area contributed by atoms with Crippen LogP contribution < -0.4 is 20.3 Å². The number of benzene rings is 2. The third-order valence-corrected chi connectivity index (χ3v) is 9.78. The van der Waals surface area contributed by atoms with Gasteiger partial charge in [0.05, 0.1) is 12.6 Å². The molecule has 0 radical (unpaired) electrons. The van der Waals surface area contributed by atoms with Crippen LogP contribution in [-0.2, 0) is 25.7 Å². The summed E-state index contributed by atoms with van der Waals surface area (Å²) >= 11 is 1.70. The molecule has 1 fully saturated rings. The summed E-state index contributed by atoms with van der Waals surface area (Å²) in [5, 5.41) is 6.08. The number of carbonyl (C=O) groups is 4. The fourth-order valence-corrected chi connectivity index (χ4v) is 6.85. The second-order valence-electron chi connectivity index (χ2n) is 12.6. The average Bonchev–Trinajstić information content (AvgIpc) is 3.19. The van der Waals surface area contributed by atoms with Gasteiger partial charge in [0.2, 0.25) is 18.3 Å². The summed E-state index contributed by atoms with van der Waals surface area (Å²) in [6, 6.07) is 13.1. The van der Waals surface area contributed by atoms with Gasteiger partial charge in [-0.05, 0) is 81.1 Å². The molecular formula is C40H49N7O6S. The second-order valence-corrected chi connectivity index (χ2v) is 13.8. The third-order valence-electron chi connectivity index (χ3n) is 8.70. The highest BCUT2D eigenvalue weighted by molar-refractivity contribution is 7.97. The van der Waals surface area contributed by atoms with Gasteiger partial charge in [-0.3, -0.25) is 19.3 Å². The Kier molecular flexibility index (Phi) is 17.1. The maximum Gasteiger partial charge on any atom is 0.237 e. The van der Waals surface area contributed by atoms with E-state index in [1.807, 2.05) is 54.3 Å². The predicted octanol–water partition coefficient (Wildman–Crippen LogP) is 4.47. The molecule has 1 aliphatic heterocycles. The number of piperidine rings is 1. The van der Waals surface area contributed by atoms with Crippen molar-refractivity contribution in [3.05, 3.63) is 77.0 Å². The summed E-state index contributed by atoms with van der Waals surface area (Å²) in [5.41, 5.74) is 2.73. The van der Waals surface area contributed by atoms with Crippen molar-refractivity contribution in [2.24, 2.45) is 0 Å². The summed E-state index contributed by atoms with van der Waals surface area (Å²) in [6.45, 7) is 5.00. The molecule has 0 saturated carbocycles. The smallest absolute Gasteiger partial charge is 0.237 e. The molecule has 13 nitrogen and oxygen atoms in total. The van der Waals surface area contributed by atoms with Crippen molar-refractivity contribution < 1.29 is 28.7 Å². The Bertz CT molecular complexity index is 1800. The van der Waals surface area contributed by atoms with E-state index in [0.717, 1.165) is 66.7 Å². The van der Waals surface area contributed by atoms with Crippen LogP contribution in [0.3, 0.4) is 0 Å². The zero-order chi connectivity index (χ0) is 38.7. The van der Waals surface area contributed by atoms with Crippen molar-refractivity contribution in [1.29, 1.82) is 0 Å². The number of hydrogen-bond donors (Lipinski definition) is 2. The molecule has 2 amide bonds. The van der Waals surface area contributed by atoms with Gasteiger partial charge < -0.3 is 29.8 Å². The lowest BCUT2D eigenvalue weighted by Crippen LogP contribution is -2.43. The van der Waals surface area contributed by atoms with Crippen LogP contribution in [0.2, 0.25) is 0 Å². The number of carbonyl (C=O) groups excluding carboxylic acids is 4. The van der Waals surface area contributed by atoms with E-state index < -0.39 is 6.04 Å². The van der Waals surface area contributed by atoms with E-state index >= 15 is 0 Å². The molecule has 4 rings (SSSR count). The van der Waals surface area contributed by atoms with Gasteiger partial charge in [-0.2, -0.15) is 4.98 Å². The zero-order valence-corrected chi connectivity index (χ0v) is 32.1. The molecule has 1 aliphatic rings. The molecule has 0 spiro atoms. The number of likely N-dealkylation sites (N-methyl/N-ethyl adjacent to an activating group) is 2. The van der Waals surface area contributed by atoms with Gasteiger partial charge in [-0.15, -0.1) is 0 Å². The van der Waals surface area contributed by atoms with Gasteiger partial charge in [0.15, 0.2) is 0 Å². The SMILES string of the molecule is C/C=C\c1cnc(NC2CCN(Sc3cccc(OCCOCC#Cc4ccc(CN(C)C(CCC=O)C(=O)NC)c(C=O)c4)c3)CC2)nc1N(C)C=O. The molecule has 3 aromatic rings. The Labute approximate surface area is 322 Å². The van der Waals surface area contributed by atoms with Crippen LogP contribution in [0.15, 0.2) is 59.6 Å². The zero-order valence-electron chi connectivity index (χ0n) is 31.3. The highest BCUT2D eigenvalue weighted by Gasteiger charge is 2.23. The fraction of sp³-hybridized carbons (Fsp3) is 0.400. The van der Waals surface area contributed by atoms with Gasteiger partial charge in [-0.1, -0.05) is 36.1 Å². The Morgan fingerprint density at radius 1 is 1.11 bits per heavy atom. The van der Waals surface area contributed by atoms with Crippen molar-refractivity contribution in [3.63, 3.8) is 0 Å². The number of aromatic nitrogens is 2. The summed E-state index contributed by atoms with van der Waals surface area (Å²) in [4.78, 5) is 59.8. The van der Waals surface area contributed by atoms with Crippen molar-refractivity contribution in [2.75, 3.05) is 64.3 Å². The molecule has 1 aromatic heterocycles. The maximum absolute atomic E-state index is 12.3. The predicted molar refractivity (Wildman–Crippen MR) is 211 cm³/mol. The molecule has 1 atom stereocenters. The minimum absolute atomic E-state index is 0.176. The number of amides is 2. The lowest BCUT2D eigenvalue weighted by atomic mass is 10.0. The van der Waals surface area contributed by atoms with Crippen LogP contribution in [-0.4, -0.2) is 110 Å². The summed E-state index contributed by atoms with van der Waals surface area (Å²) in [6.07, 6.45) is 10.3. The molecule has 286 valence electrons. The summed E-state index contributed by atoms with van der Waals surface area (Å²) < 4.78 is 13.9. The lowest BCUT2D eigenvalue weighted by molar-refractivity contribution is -0.126. The number of anilines is 2. The largest absolute Gasteiger partial charge is 0.491 e. The highest BCUT2D eigenvalue weighted by atomic mass is 32.2. The molecule has 2 heterocycles.